The first kappa shape index (κ1) is 35.6. The van der Waals surface area contributed by atoms with Gasteiger partial charge in [-0.1, -0.05) is 212 Å². The van der Waals surface area contributed by atoms with E-state index in [-0.39, 0.29) is 11.8 Å². The summed E-state index contributed by atoms with van der Waals surface area (Å²) in [5, 5.41) is 9.95. The molecule has 0 atom stereocenters. The Bertz CT molecular complexity index is 3210. The molecule has 282 valence electrons. The van der Waals surface area contributed by atoms with Crippen LogP contribution in [0.3, 0.4) is 0 Å². The van der Waals surface area contributed by atoms with Gasteiger partial charge in [-0.05, 0) is 129 Å². The van der Waals surface area contributed by atoms with Crippen molar-refractivity contribution in [1.29, 1.82) is 0 Å². The lowest BCUT2D eigenvalue weighted by molar-refractivity contribution is 0.980. The molecule has 0 aliphatic carbocycles. The van der Waals surface area contributed by atoms with Crippen molar-refractivity contribution in [3.63, 3.8) is 0 Å². The monoisotopic (exact) mass is 762 g/mol. The van der Waals surface area contributed by atoms with E-state index >= 15 is 0 Å². The van der Waals surface area contributed by atoms with Crippen LogP contribution in [0, 0.1) is 0 Å². The highest BCUT2D eigenvalue weighted by molar-refractivity contribution is 6.17. The largest absolute Gasteiger partial charge is 0.0622 e. The Labute approximate surface area is 351 Å². The van der Waals surface area contributed by atoms with Crippen LogP contribution in [0.5, 0.6) is 0 Å². The zero-order valence-corrected chi connectivity index (χ0v) is 33.2. The Morgan fingerprint density at radius 1 is 0.217 bits per heavy atom. The van der Waals surface area contributed by atoms with E-state index in [1.54, 1.807) is 0 Å². The van der Waals surface area contributed by atoms with Gasteiger partial charge in [-0.25, -0.2) is 0 Å². The Morgan fingerprint density at radius 2 is 0.667 bits per heavy atom. The fraction of sp³-hybridized carbons (Fsp3) is 0.0333. The number of hydrogen-bond donors (Lipinski definition) is 0. The van der Waals surface area contributed by atoms with Crippen molar-refractivity contribution in [3.05, 3.63) is 276 Å². The lowest BCUT2D eigenvalue weighted by Gasteiger charge is -2.24. The Balaban J connectivity index is 1.26. The summed E-state index contributed by atoms with van der Waals surface area (Å²) in [5.41, 5.74) is 12.6. The van der Waals surface area contributed by atoms with Gasteiger partial charge in [0.05, 0.1) is 0 Å². The van der Waals surface area contributed by atoms with Gasteiger partial charge >= 0.3 is 0 Å². The standard InChI is InChI=1S/C60H42/c1-5-19-43(20-6-1)58(44-21-7-2-8-22-44)50-33-34-54-52(37-50)38-56-55(49-31-29-41-17-13-15-27-47(41)35-49)39-53(59(45-23-9-3-10-24-45)46-25-11-4-12-26-46)40-57(56)60(54)51-32-30-42-18-14-16-28-48(42)36-51/h1-40,58-59H. The molecular formula is C60H42. The van der Waals surface area contributed by atoms with Crippen LogP contribution in [0.15, 0.2) is 243 Å². The normalized spacial score (nSPS) is 11.6. The number of rotatable bonds is 8. The molecule has 0 spiro atoms. The Morgan fingerprint density at radius 3 is 1.20 bits per heavy atom. The second-order valence-corrected chi connectivity index (χ2v) is 16.0. The van der Waals surface area contributed by atoms with Crippen LogP contribution in [-0.2, 0) is 0 Å². The van der Waals surface area contributed by atoms with Gasteiger partial charge in [0.2, 0.25) is 0 Å². The first-order chi connectivity index (χ1) is 29.7. The van der Waals surface area contributed by atoms with Gasteiger partial charge in [0, 0.05) is 11.8 Å². The van der Waals surface area contributed by atoms with Crippen molar-refractivity contribution in [2.24, 2.45) is 0 Å². The maximum absolute atomic E-state index is 2.50. The van der Waals surface area contributed by atoms with E-state index in [1.165, 1.54) is 98.7 Å². The minimum Gasteiger partial charge on any atom is -0.0622 e. The summed E-state index contributed by atoms with van der Waals surface area (Å²) >= 11 is 0. The molecule has 0 saturated heterocycles. The summed E-state index contributed by atoms with van der Waals surface area (Å²) in [4.78, 5) is 0. The van der Waals surface area contributed by atoms with Crippen LogP contribution in [0.4, 0.5) is 0 Å². The summed E-state index contributed by atoms with van der Waals surface area (Å²) in [5.74, 6) is 0.132. The van der Waals surface area contributed by atoms with Crippen LogP contribution in [0.25, 0.3) is 65.3 Å². The molecular weight excluding hydrogens is 721 g/mol. The van der Waals surface area contributed by atoms with Crippen molar-refractivity contribution in [3.8, 4) is 22.3 Å². The fourth-order valence-corrected chi connectivity index (χ4v) is 9.60. The minimum absolute atomic E-state index is 0.0380. The summed E-state index contributed by atoms with van der Waals surface area (Å²) in [6.07, 6.45) is 0. The van der Waals surface area contributed by atoms with E-state index in [0.717, 1.165) is 0 Å². The van der Waals surface area contributed by atoms with Crippen molar-refractivity contribution >= 4 is 43.1 Å². The lowest BCUT2D eigenvalue weighted by Crippen LogP contribution is -2.05. The molecule has 60 heavy (non-hydrogen) atoms. The zero-order chi connectivity index (χ0) is 39.8. The van der Waals surface area contributed by atoms with Gasteiger partial charge in [0.1, 0.15) is 0 Å². The average Bonchev–Trinajstić information content (AvgIpc) is 3.32. The third-order valence-corrected chi connectivity index (χ3v) is 12.4. The first-order valence-corrected chi connectivity index (χ1v) is 21.0. The predicted molar refractivity (Wildman–Crippen MR) is 255 cm³/mol. The highest BCUT2D eigenvalue weighted by Crippen LogP contribution is 2.46. The molecule has 0 radical (unpaired) electrons. The lowest BCUT2D eigenvalue weighted by atomic mass is 9.79. The third-order valence-electron chi connectivity index (χ3n) is 12.4. The van der Waals surface area contributed by atoms with Gasteiger partial charge in [-0.2, -0.15) is 0 Å². The topological polar surface area (TPSA) is 0 Å². The van der Waals surface area contributed by atoms with Crippen LogP contribution in [0.2, 0.25) is 0 Å². The van der Waals surface area contributed by atoms with Crippen LogP contribution < -0.4 is 0 Å². The highest BCUT2D eigenvalue weighted by Gasteiger charge is 2.23. The van der Waals surface area contributed by atoms with E-state index < -0.39 is 0 Å². The highest BCUT2D eigenvalue weighted by atomic mass is 14.3. The van der Waals surface area contributed by atoms with Crippen molar-refractivity contribution in [1.82, 2.24) is 0 Å². The number of hydrogen-bond acceptors (Lipinski definition) is 0. The molecule has 0 aliphatic rings. The van der Waals surface area contributed by atoms with E-state index in [9.17, 15) is 0 Å². The number of benzene rings is 11. The molecule has 0 aromatic heterocycles. The van der Waals surface area contributed by atoms with E-state index in [4.69, 9.17) is 0 Å². The molecule has 0 fully saturated rings. The molecule has 11 aromatic rings. The van der Waals surface area contributed by atoms with Crippen molar-refractivity contribution in [2.45, 2.75) is 11.8 Å². The molecule has 0 amide bonds. The second kappa shape index (κ2) is 15.3. The minimum atomic E-state index is 0.0380. The second-order valence-electron chi connectivity index (χ2n) is 16.0. The number of fused-ring (bicyclic) bond motifs is 4. The molecule has 0 unspecified atom stereocenters. The maximum Gasteiger partial charge on any atom is 0.0340 e. The fourth-order valence-electron chi connectivity index (χ4n) is 9.60. The van der Waals surface area contributed by atoms with Gasteiger partial charge in [-0.15, -0.1) is 0 Å². The first-order valence-electron chi connectivity index (χ1n) is 21.0. The smallest absolute Gasteiger partial charge is 0.0340 e. The molecule has 0 saturated carbocycles. The van der Waals surface area contributed by atoms with Crippen molar-refractivity contribution in [2.75, 3.05) is 0 Å². The molecule has 0 aliphatic heterocycles. The molecule has 11 rings (SSSR count). The van der Waals surface area contributed by atoms with Gasteiger partial charge in [0.15, 0.2) is 0 Å². The van der Waals surface area contributed by atoms with Gasteiger partial charge < -0.3 is 0 Å². The zero-order valence-electron chi connectivity index (χ0n) is 33.2. The molecule has 0 heteroatoms. The van der Waals surface area contributed by atoms with Crippen LogP contribution >= 0.6 is 0 Å². The van der Waals surface area contributed by atoms with E-state index in [2.05, 4.69) is 243 Å². The van der Waals surface area contributed by atoms with E-state index in [0.29, 0.717) is 0 Å². The summed E-state index contributed by atoms with van der Waals surface area (Å²) in [6.45, 7) is 0. The Kier molecular flexibility index (Phi) is 9.10. The maximum atomic E-state index is 2.50. The summed E-state index contributed by atoms with van der Waals surface area (Å²) in [6, 6.07) is 90.0. The molecule has 0 heterocycles. The predicted octanol–water partition coefficient (Wildman–Crippen LogP) is 16.0. The van der Waals surface area contributed by atoms with Gasteiger partial charge in [0.25, 0.3) is 0 Å². The molecule has 0 bridgehead atoms. The molecule has 0 nitrogen and oxygen atoms in total. The summed E-state index contributed by atoms with van der Waals surface area (Å²) in [7, 11) is 0. The third kappa shape index (κ3) is 6.53. The van der Waals surface area contributed by atoms with Crippen LogP contribution in [0.1, 0.15) is 45.2 Å². The quantitative estimate of drug-likeness (QED) is 0.107. The van der Waals surface area contributed by atoms with Gasteiger partial charge in [-0.3, -0.25) is 0 Å². The van der Waals surface area contributed by atoms with Crippen LogP contribution in [-0.4, -0.2) is 0 Å². The Hall–Kier alpha value is -7.54. The SMILES string of the molecule is c1ccc(C(c2ccccc2)c2ccc3c(-c4ccc5ccccc5c4)c4cc(C(c5ccccc5)c5ccccc5)cc(-c5ccc6ccccc6c5)c4cc3c2)cc1. The summed E-state index contributed by atoms with van der Waals surface area (Å²) < 4.78 is 0. The molecule has 0 N–H and O–H groups in total. The van der Waals surface area contributed by atoms with E-state index in [1.807, 2.05) is 0 Å². The molecule has 11 aromatic carbocycles. The average molecular weight is 763 g/mol. The van der Waals surface area contributed by atoms with Crippen molar-refractivity contribution < 1.29 is 0 Å².